The van der Waals surface area contributed by atoms with Crippen LogP contribution in [0.25, 0.3) is 10.9 Å². The first-order valence-corrected chi connectivity index (χ1v) is 9.20. The first kappa shape index (κ1) is 16.6. The highest BCUT2D eigenvalue weighted by Gasteiger charge is 2.30. The van der Waals surface area contributed by atoms with Crippen LogP contribution in [0.15, 0.2) is 67.3 Å². The van der Waals surface area contributed by atoms with Gasteiger partial charge in [0, 0.05) is 36.0 Å². The number of rotatable bonds is 4. The first-order chi connectivity index (χ1) is 13.8. The minimum absolute atomic E-state index is 0.0104. The van der Waals surface area contributed by atoms with Gasteiger partial charge in [-0.1, -0.05) is 18.2 Å². The van der Waals surface area contributed by atoms with Gasteiger partial charge in [-0.2, -0.15) is 5.10 Å². The molecule has 3 aromatic heterocycles. The van der Waals surface area contributed by atoms with E-state index in [1.807, 2.05) is 52.0 Å². The Morgan fingerprint density at radius 2 is 2.11 bits per heavy atom. The molecule has 0 spiro atoms. The van der Waals surface area contributed by atoms with Crippen molar-refractivity contribution in [3.63, 3.8) is 0 Å². The highest BCUT2D eigenvalue weighted by atomic mass is 16.5. The predicted octanol–water partition coefficient (Wildman–Crippen LogP) is 3.04. The van der Waals surface area contributed by atoms with E-state index in [0.717, 1.165) is 16.6 Å². The Bertz CT molecular complexity index is 1120. The zero-order valence-electron chi connectivity index (χ0n) is 15.2. The number of nitrogens with one attached hydrogen (secondary N) is 1. The van der Waals surface area contributed by atoms with Crippen LogP contribution in [-0.4, -0.2) is 43.7 Å². The summed E-state index contributed by atoms with van der Waals surface area (Å²) < 4.78 is 7.85. The lowest BCUT2D eigenvalue weighted by molar-refractivity contribution is 0.0635. The molecule has 1 N–H and O–H groups in total. The summed E-state index contributed by atoms with van der Waals surface area (Å²) in [5.41, 5.74) is 2.65. The Balaban J connectivity index is 1.40. The number of aromatic amines is 1. The molecule has 7 heteroatoms. The Labute approximate surface area is 161 Å². The number of amides is 1. The average molecular weight is 373 g/mol. The van der Waals surface area contributed by atoms with Crippen molar-refractivity contribution in [1.29, 1.82) is 0 Å². The number of fused-ring (bicyclic) bond motifs is 2. The molecule has 4 heterocycles. The number of pyridine rings is 1. The fraction of sp³-hybridized carbons (Fsp3) is 0.190. The first-order valence-electron chi connectivity index (χ1n) is 9.20. The summed E-state index contributed by atoms with van der Waals surface area (Å²) in [7, 11) is 0. The van der Waals surface area contributed by atoms with Crippen molar-refractivity contribution in [2.75, 3.05) is 13.2 Å². The Morgan fingerprint density at radius 3 is 3.00 bits per heavy atom. The highest BCUT2D eigenvalue weighted by molar-refractivity contribution is 6.06. The van der Waals surface area contributed by atoms with E-state index in [1.54, 1.807) is 24.8 Å². The van der Waals surface area contributed by atoms with E-state index in [9.17, 15) is 4.79 Å². The predicted molar refractivity (Wildman–Crippen MR) is 104 cm³/mol. The maximum atomic E-state index is 13.3. The quantitative estimate of drug-likeness (QED) is 0.597. The van der Waals surface area contributed by atoms with E-state index in [4.69, 9.17) is 4.74 Å². The molecule has 7 nitrogen and oxygen atoms in total. The number of nitrogens with zero attached hydrogens (tertiary/aromatic N) is 4. The van der Waals surface area contributed by atoms with Crippen LogP contribution in [-0.2, 0) is 6.54 Å². The zero-order chi connectivity index (χ0) is 18.9. The van der Waals surface area contributed by atoms with Crippen LogP contribution < -0.4 is 4.74 Å². The molecule has 0 unspecified atom stereocenters. The van der Waals surface area contributed by atoms with Crippen LogP contribution in [0.2, 0.25) is 0 Å². The highest BCUT2D eigenvalue weighted by Crippen LogP contribution is 2.25. The Morgan fingerprint density at radius 1 is 1.18 bits per heavy atom. The lowest BCUT2D eigenvalue weighted by Gasteiger charge is -2.33. The van der Waals surface area contributed by atoms with Crippen LogP contribution in [0.1, 0.15) is 22.1 Å². The van der Waals surface area contributed by atoms with E-state index < -0.39 is 0 Å². The molecular formula is C21H19N5O2. The summed E-state index contributed by atoms with van der Waals surface area (Å²) in [4.78, 5) is 22.4. The maximum Gasteiger partial charge on any atom is 0.256 e. The number of carbonyl (C=O) groups is 1. The van der Waals surface area contributed by atoms with Crippen molar-refractivity contribution < 1.29 is 9.53 Å². The molecule has 0 fully saturated rings. The number of benzene rings is 1. The fourth-order valence-electron chi connectivity index (χ4n) is 3.71. The van der Waals surface area contributed by atoms with Crippen molar-refractivity contribution in [3.05, 3.63) is 78.5 Å². The second-order valence-electron chi connectivity index (χ2n) is 6.85. The zero-order valence-corrected chi connectivity index (χ0v) is 15.2. The minimum Gasteiger partial charge on any atom is -0.490 e. The van der Waals surface area contributed by atoms with Gasteiger partial charge in [0.15, 0.2) is 0 Å². The monoisotopic (exact) mass is 373 g/mol. The molecule has 1 aliphatic heterocycles. The van der Waals surface area contributed by atoms with Gasteiger partial charge in [0.05, 0.1) is 24.0 Å². The Hall–Kier alpha value is -3.61. The van der Waals surface area contributed by atoms with Crippen molar-refractivity contribution in [3.8, 4) is 5.75 Å². The smallest absolute Gasteiger partial charge is 0.256 e. The second kappa shape index (κ2) is 6.84. The van der Waals surface area contributed by atoms with Gasteiger partial charge in [-0.25, -0.2) is 0 Å². The number of para-hydroxylation sites is 1. The number of hydrogen-bond acceptors (Lipinski definition) is 4. The van der Waals surface area contributed by atoms with Gasteiger partial charge in [-0.05, 0) is 24.3 Å². The fourth-order valence-corrected chi connectivity index (χ4v) is 3.71. The molecule has 28 heavy (non-hydrogen) atoms. The van der Waals surface area contributed by atoms with Gasteiger partial charge in [0.1, 0.15) is 18.4 Å². The molecule has 0 bridgehead atoms. The molecule has 0 saturated carbocycles. The van der Waals surface area contributed by atoms with Gasteiger partial charge in [-0.3, -0.25) is 14.5 Å². The molecule has 1 amide bonds. The molecule has 0 radical (unpaired) electrons. The summed E-state index contributed by atoms with van der Waals surface area (Å²) in [6, 6.07) is 13.4. The molecule has 4 aromatic rings. The second-order valence-corrected chi connectivity index (χ2v) is 6.85. The van der Waals surface area contributed by atoms with Crippen LogP contribution in [0, 0.1) is 0 Å². The average Bonchev–Trinajstić information content (AvgIpc) is 3.39. The van der Waals surface area contributed by atoms with Crippen LogP contribution >= 0.6 is 0 Å². The Kier molecular flexibility index (Phi) is 4.05. The summed E-state index contributed by atoms with van der Waals surface area (Å²) >= 11 is 0. The van der Waals surface area contributed by atoms with Crippen molar-refractivity contribution >= 4 is 16.8 Å². The number of ether oxygens (including phenoxy) is 1. The van der Waals surface area contributed by atoms with Crippen molar-refractivity contribution in [1.82, 2.24) is 24.6 Å². The van der Waals surface area contributed by atoms with E-state index in [2.05, 4.69) is 15.1 Å². The van der Waals surface area contributed by atoms with E-state index >= 15 is 0 Å². The van der Waals surface area contributed by atoms with Crippen molar-refractivity contribution in [2.45, 2.75) is 12.6 Å². The van der Waals surface area contributed by atoms with Crippen LogP contribution in [0.3, 0.4) is 0 Å². The SMILES string of the molecule is O=C(c1c[nH]c2ccccc12)N1Cc2ccnn2[C@@H](COc2cccnc2)C1. The van der Waals surface area contributed by atoms with E-state index in [1.165, 1.54) is 0 Å². The summed E-state index contributed by atoms with van der Waals surface area (Å²) in [5.74, 6) is 0.715. The van der Waals surface area contributed by atoms with Gasteiger partial charge in [0.2, 0.25) is 0 Å². The van der Waals surface area contributed by atoms with E-state index in [-0.39, 0.29) is 11.9 Å². The van der Waals surface area contributed by atoms with Crippen molar-refractivity contribution in [2.24, 2.45) is 0 Å². The molecule has 1 atom stereocenters. The molecule has 1 aliphatic rings. The van der Waals surface area contributed by atoms with Gasteiger partial charge in [-0.15, -0.1) is 0 Å². The number of aromatic nitrogens is 4. The summed E-state index contributed by atoms with van der Waals surface area (Å²) in [5, 5.41) is 5.37. The summed E-state index contributed by atoms with van der Waals surface area (Å²) in [6.07, 6.45) is 6.95. The molecule has 1 aromatic carbocycles. The maximum absolute atomic E-state index is 13.3. The molecule has 140 valence electrons. The standard InChI is InChI=1S/C21H19N5O2/c27-21(19-11-23-20-6-2-1-5-18(19)20)25-12-15-7-9-24-26(15)16(13-25)14-28-17-4-3-8-22-10-17/h1-11,16,23H,12-14H2/t16-/m1/s1. The van der Waals surface area contributed by atoms with Crippen LogP contribution in [0.5, 0.6) is 5.75 Å². The molecular weight excluding hydrogens is 354 g/mol. The lowest BCUT2D eigenvalue weighted by Crippen LogP contribution is -2.43. The minimum atomic E-state index is -0.0619. The lowest BCUT2D eigenvalue weighted by atomic mass is 10.1. The van der Waals surface area contributed by atoms with E-state index in [0.29, 0.717) is 31.0 Å². The number of hydrogen-bond donors (Lipinski definition) is 1. The summed E-state index contributed by atoms with van der Waals surface area (Å²) in [6.45, 7) is 1.48. The van der Waals surface area contributed by atoms with Gasteiger partial charge >= 0.3 is 0 Å². The third-order valence-corrected chi connectivity index (χ3v) is 5.07. The third-order valence-electron chi connectivity index (χ3n) is 5.07. The molecule has 0 saturated heterocycles. The number of H-pyrrole nitrogens is 1. The van der Waals surface area contributed by atoms with Gasteiger partial charge < -0.3 is 14.6 Å². The topological polar surface area (TPSA) is 76.0 Å². The van der Waals surface area contributed by atoms with Gasteiger partial charge in [0.25, 0.3) is 5.91 Å². The largest absolute Gasteiger partial charge is 0.490 e. The molecule has 5 rings (SSSR count). The third kappa shape index (κ3) is 2.90. The van der Waals surface area contributed by atoms with Crippen LogP contribution in [0.4, 0.5) is 0 Å². The number of carbonyl (C=O) groups excluding carboxylic acids is 1. The normalized spacial score (nSPS) is 16.1. The molecule has 0 aliphatic carbocycles.